The van der Waals surface area contributed by atoms with Gasteiger partial charge in [-0.15, -0.1) is 0 Å². The van der Waals surface area contributed by atoms with E-state index in [0.717, 1.165) is 5.57 Å². The second-order valence-electron chi connectivity index (χ2n) is 9.01. The predicted molar refractivity (Wildman–Crippen MR) is 108 cm³/mol. The normalized spacial score (nSPS) is 22.6. The van der Waals surface area contributed by atoms with Crippen molar-refractivity contribution in [3.63, 3.8) is 0 Å². The van der Waals surface area contributed by atoms with Crippen LogP contribution in [0.5, 0.6) is 0 Å². The van der Waals surface area contributed by atoms with Crippen LogP contribution in [0.4, 0.5) is 0 Å². The molecule has 2 aliphatic carbocycles. The summed E-state index contributed by atoms with van der Waals surface area (Å²) in [5, 5.41) is 0. The lowest BCUT2D eigenvalue weighted by atomic mass is 9.41. The highest BCUT2D eigenvalue weighted by atomic mass is 16.4. The monoisotopic (exact) mass is 346 g/mol. The number of carbonyl (C=O) groups excluding carboxylic acids is 1. The standard InChI is InChI=1S/C22H39BO2/c1-16(2)21(24)18(5)22(17(3)4)25-23(19-12-8-6-9-13-19)20-14-10-7-11-15-20/h16,18-20,22H,3,6-15H2,1-2,4-5H3/t18-,22+/m0/s1. The Morgan fingerprint density at radius 1 is 0.920 bits per heavy atom. The highest BCUT2D eigenvalue weighted by molar-refractivity contribution is 6.55. The van der Waals surface area contributed by atoms with Gasteiger partial charge in [0.05, 0.1) is 6.10 Å². The molecule has 2 fully saturated rings. The van der Waals surface area contributed by atoms with Crippen LogP contribution in [-0.4, -0.2) is 18.8 Å². The number of Topliss-reactive ketones (excluding diaryl/α,β-unsaturated/α-hetero) is 1. The average molecular weight is 346 g/mol. The molecule has 0 aromatic heterocycles. The van der Waals surface area contributed by atoms with Crippen LogP contribution in [0.1, 0.15) is 91.9 Å². The summed E-state index contributed by atoms with van der Waals surface area (Å²) in [5.74, 6) is 1.63. The van der Waals surface area contributed by atoms with Gasteiger partial charge >= 0.3 is 0 Å². The SMILES string of the molecule is C=C(C)[C@@H](OB(C1CCCCC1)C1CCCCC1)[C@@H](C)C(=O)C(C)C. The van der Waals surface area contributed by atoms with E-state index < -0.39 is 0 Å². The minimum Gasteiger partial charge on any atom is -0.428 e. The van der Waals surface area contributed by atoms with E-state index in [1.54, 1.807) is 0 Å². The zero-order chi connectivity index (χ0) is 18.4. The molecular formula is C22H39BO2. The van der Waals surface area contributed by atoms with Crippen molar-refractivity contribution in [2.45, 2.75) is 110 Å². The lowest BCUT2D eigenvalue weighted by Gasteiger charge is -2.38. The molecule has 0 unspecified atom stereocenters. The summed E-state index contributed by atoms with van der Waals surface area (Å²) in [6.45, 7) is 12.6. The molecule has 2 saturated carbocycles. The third-order valence-corrected chi connectivity index (χ3v) is 6.49. The molecule has 0 radical (unpaired) electrons. The fourth-order valence-corrected chi connectivity index (χ4v) is 5.04. The zero-order valence-electron chi connectivity index (χ0n) is 17.1. The van der Waals surface area contributed by atoms with E-state index in [2.05, 4.69) is 6.58 Å². The van der Waals surface area contributed by atoms with Crippen molar-refractivity contribution in [2.75, 3.05) is 0 Å². The Kier molecular flexibility index (Phi) is 8.25. The smallest absolute Gasteiger partial charge is 0.300 e. The summed E-state index contributed by atoms with van der Waals surface area (Å²) in [4.78, 5) is 12.6. The summed E-state index contributed by atoms with van der Waals surface area (Å²) in [6.07, 6.45) is 13.2. The Hall–Kier alpha value is -0.565. The molecule has 2 aliphatic rings. The van der Waals surface area contributed by atoms with Gasteiger partial charge < -0.3 is 4.65 Å². The molecule has 0 aliphatic heterocycles. The van der Waals surface area contributed by atoms with Gasteiger partial charge in [0.2, 0.25) is 0 Å². The van der Waals surface area contributed by atoms with Crippen molar-refractivity contribution in [3.8, 4) is 0 Å². The number of hydrogen-bond acceptors (Lipinski definition) is 2. The van der Waals surface area contributed by atoms with Crippen LogP contribution in [0.15, 0.2) is 12.2 Å². The molecule has 0 N–H and O–H groups in total. The fraction of sp³-hybridized carbons (Fsp3) is 0.864. The average Bonchev–Trinajstić information content (AvgIpc) is 2.62. The van der Waals surface area contributed by atoms with Crippen LogP contribution >= 0.6 is 0 Å². The van der Waals surface area contributed by atoms with Crippen molar-refractivity contribution in [1.82, 2.24) is 0 Å². The van der Waals surface area contributed by atoms with E-state index in [4.69, 9.17) is 4.65 Å². The quantitative estimate of drug-likeness (QED) is 0.372. The molecule has 3 heteroatoms. The van der Waals surface area contributed by atoms with E-state index in [0.29, 0.717) is 24.3 Å². The minimum atomic E-state index is -0.122. The van der Waals surface area contributed by atoms with Crippen LogP contribution < -0.4 is 0 Å². The largest absolute Gasteiger partial charge is 0.428 e. The molecular weight excluding hydrogens is 307 g/mol. The lowest BCUT2D eigenvalue weighted by Crippen LogP contribution is -2.41. The van der Waals surface area contributed by atoms with E-state index in [1.165, 1.54) is 64.2 Å². The van der Waals surface area contributed by atoms with Gasteiger partial charge in [0, 0.05) is 11.8 Å². The topological polar surface area (TPSA) is 26.3 Å². The summed E-state index contributed by atoms with van der Waals surface area (Å²) in [7, 11) is 0. The molecule has 0 saturated heterocycles. The predicted octanol–water partition coefficient (Wildman–Crippen LogP) is 6.47. The fourth-order valence-electron chi connectivity index (χ4n) is 5.04. The minimum absolute atomic E-state index is 0.0586. The zero-order valence-corrected chi connectivity index (χ0v) is 17.1. The maximum absolute atomic E-state index is 12.6. The molecule has 0 aromatic carbocycles. The molecule has 0 bridgehead atoms. The molecule has 2 nitrogen and oxygen atoms in total. The van der Waals surface area contributed by atoms with Gasteiger partial charge in [-0.05, 0) is 18.6 Å². The maximum Gasteiger partial charge on any atom is 0.300 e. The lowest BCUT2D eigenvalue weighted by molar-refractivity contribution is -0.127. The summed E-state index contributed by atoms with van der Waals surface area (Å²) >= 11 is 0. The summed E-state index contributed by atoms with van der Waals surface area (Å²) < 4.78 is 6.80. The van der Waals surface area contributed by atoms with Crippen LogP contribution in [0, 0.1) is 11.8 Å². The van der Waals surface area contributed by atoms with Gasteiger partial charge in [-0.25, -0.2) is 0 Å². The Bertz CT molecular complexity index is 415. The molecule has 0 spiro atoms. The molecule has 142 valence electrons. The van der Waals surface area contributed by atoms with Gasteiger partial charge in [0.25, 0.3) is 6.92 Å². The summed E-state index contributed by atoms with van der Waals surface area (Å²) in [6, 6.07) is 0. The number of ketones is 1. The van der Waals surface area contributed by atoms with Gasteiger partial charge in [-0.3, -0.25) is 4.79 Å². The molecule has 2 rings (SSSR count). The molecule has 0 amide bonds. The second-order valence-corrected chi connectivity index (χ2v) is 9.01. The first-order valence-electron chi connectivity index (χ1n) is 10.8. The third-order valence-electron chi connectivity index (χ3n) is 6.49. The van der Waals surface area contributed by atoms with Crippen molar-refractivity contribution >= 4 is 12.7 Å². The maximum atomic E-state index is 12.6. The van der Waals surface area contributed by atoms with Gasteiger partial charge in [0.15, 0.2) is 0 Å². The highest BCUT2D eigenvalue weighted by Gasteiger charge is 2.40. The second kappa shape index (κ2) is 9.95. The van der Waals surface area contributed by atoms with Crippen molar-refractivity contribution in [3.05, 3.63) is 12.2 Å². The first kappa shape index (κ1) is 20.7. The van der Waals surface area contributed by atoms with Gasteiger partial charge in [-0.2, -0.15) is 0 Å². The van der Waals surface area contributed by atoms with Crippen molar-refractivity contribution < 1.29 is 9.45 Å². The van der Waals surface area contributed by atoms with Crippen molar-refractivity contribution in [1.29, 1.82) is 0 Å². The Balaban J connectivity index is 2.15. The van der Waals surface area contributed by atoms with Crippen molar-refractivity contribution in [2.24, 2.45) is 11.8 Å². The highest BCUT2D eigenvalue weighted by Crippen LogP contribution is 2.43. The first-order chi connectivity index (χ1) is 11.9. The Morgan fingerprint density at radius 2 is 1.36 bits per heavy atom. The molecule has 0 aromatic rings. The third kappa shape index (κ3) is 5.71. The van der Waals surface area contributed by atoms with Gasteiger partial charge in [0.1, 0.15) is 5.78 Å². The number of hydrogen-bond donors (Lipinski definition) is 0. The Morgan fingerprint density at radius 3 is 1.72 bits per heavy atom. The van der Waals surface area contributed by atoms with Crippen LogP contribution in [0.25, 0.3) is 0 Å². The summed E-state index contributed by atoms with van der Waals surface area (Å²) in [5.41, 5.74) is 1.01. The van der Waals surface area contributed by atoms with Crippen LogP contribution in [0.2, 0.25) is 11.6 Å². The van der Waals surface area contributed by atoms with E-state index in [1.807, 2.05) is 27.7 Å². The molecule has 25 heavy (non-hydrogen) atoms. The Labute approximate surface area is 156 Å². The first-order valence-corrected chi connectivity index (χ1v) is 10.8. The van der Waals surface area contributed by atoms with Crippen LogP contribution in [-0.2, 0) is 9.45 Å². The van der Waals surface area contributed by atoms with E-state index in [-0.39, 0.29) is 17.9 Å². The molecule has 2 atom stereocenters. The van der Waals surface area contributed by atoms with Crippen LogP contribution in [0.3, 0.4) is 0 Å². The van der Waals surface area contributed by atoms with E-state index >= 15 is 0 Å². The number of rotatable bonds is 8. The van der Waals surface area contributed by atoms with E-state index in [9.17, 15) is 4.79 Å². The van der Waals surface area contributed by atoms with Gasteiger partial charge in [-0.1, -0.05) is 97.1 Å². The molecule has 0 heterocycles. The number of carbonyl (C=O) groups is 1.